The summed E-state index contributed by atoms with van der Waals surface area (Å²) in [6.45, 7) is 7.55. The Balaban J connectivity index is 4.57. The highest BCUT2D eigenvalue weighted by Crippen LogP contribution is 2.18. The summed E-state index contributed by atoms with van der Waals surface area (Å²) in [5.41, 5.74) is -0.877. The lowest BCUT2D eigenvalue weighted by Crippen LogP contribution is -2.45. The van der Waals surface area contributed by atoms with E-state index in [1.807, 2.05) is 13.8 Å². The predicted octanol–water partition coefficient (Wildman–Crippen LogP) is 0.981. The highest BCUT2D eigenvalue weighted by molar-refractivity contribution is 5.74. The van der Waals surface area contributed by atoms with Crippen molar-refractivity contribution in [1.82, 2.24) is 4.90 Å². The Morgan fingerprint density at radius 1 is 1.38 bits per heavy atom. The fraction of sp³-hybridized carbons (Fsp3) is 0.818. The van der Waals surface area contributed by atoms with Crippen LogP contribution in [-0.4, -0.2) is 48.2 Å². The molecule has 0 fully saturated rings. The topological polar surface area (TPSA) is 66.8 Å². The predicted molar refractivity (Wildman–Crippen MR) is 60.1 cm³/mol. The number of ether oxygens (including phenoxy) is 1. The van der Waals surface area contributed by atoms with Gasteiger partial charge in [0.1, 0.15) is 0 Å². The molecule has 0 aliphatic heterocycles. The van der Waals surface area contributed by atoms with E-state index in [0.717, 1.165) is 0 Å². The van der Waals surface area contributed by atoms with Gasteiger partial charge in [0.15, 0.2) is 0 Å². The zero-order chi connectivity index (χ0) is 12.9. The summed E-state index contributed by atoms with van der Waals surface area (Å²) in [5.74, 6) is -1.22. The number of carboxylic acids is 1. The first-order valence-electron chi connectivity index (χ1n) is 5.25. The minimum Gasteiger partial charge on any atom is -0.481 e. The minimum absolute atomic E-state index is 0.0951. The molecule has 0 aliphatic carbocycles. The lowest BCUT2D eigenvalue weighted by atomic mass is 9.92. The summed E-state index contributed by atoms with van der Waals surface area (Å²) in [4.78, 5) is 24.0. The van der Waals surface area contributed by atoms with E-state index in [-0.39, 0.29) is 18.6 Å². The number of carbonyl (C=O) groups is 2. The largest absolute Gasteiger partial charge is 0.481 e. The van der Waals surface area contributed by atoms with Crippen LogP contribution < -0.4 is 0 Å². The van der Waals surface area contributed by atoms with Crippen LogP contribution in [0.2, 0.25) is 0 Å². The van der Waals surface area contributed by atoms with Gasteiger partial charge in [-0.2, -0.15) is 0 Å². The molecule has 0 amide bonds. The summed E-state index contributed by atoms with van der Waals surface area (Å²) in [7, 11) is 1.32. The Morgan fingerprint density at radius 3 is 2.19 bits per heavy atom. The van der Waals surface area contributed by atoms with Crippen LogP contribution >= 0.6 is 0 Å². The molecule has 0 saturated heterocycles. The third-order valence-corrected chi connectivity index (χ3v) is 2.47. The highest BCUT2D eigenvalue weighted by Gasteiger charge is 2.31. The molecule has 16 heavy (non-hydrogen) atoms. The molecule has 0 aromatic rings. The molecular formula is C11H21NO4. The normalized spacial score (nSPS) is 11.9. The molecule has 0 bridgehead atoms. The van der Waals surface area contributed by atoms with Crippen molar-refractivity contribution in [3.05, 3.63) is 0 Å². The van der Waals surface area contributed by atoms with Crippen molar-refractivity contribution in [2.75, 3.05) is 20.2 Å². The maximum Gasteiger partial charge on any atom is 0.319 e. The summed E-state index contributed by atoms with van der Waals surface area (Å²) in [6, 6.07) is 0.0951. The molecule has 0 aliphatic rings. The third-order valence-electron chi connectivity index (χ3n) is 2.47. The van der Waals surface area contributed by atoms with E-state index in [2.05, 4.69) is 4.74 Å². The number of hydrogen-bond acceptors (Lipinski definition) is 4. The van der Waals surface area contributed by atoms with Gasteiger partial charge in [-0.3, -0.25) is 14.5 Å². The Kier molecular flexibility index (Phi) is 5.44. The number of esters is 1. The Labute approximate surface area is 96.4 Å². The number of methoxy groups -OCH3 is 1. The number of nitrogens with zero attached hydrogens (tertiary/aromatic N) is 1. The zero-order valence-corrected chi connectivity index (χ0v) is 10.6. The van der Waals surface area contributed by atoms with Crippen LogP contribution in [0.1, 0.15) is 27.7 Å². The van der Waals surface area contributed by atoms with Crippen LogP contribution in [0.4, 0.5) is 0 Å². The molecule has 94 valence electrons. The van der Waals surface area contributed by atoms with E-state index in [9.17, 15) is 9.59 Å². The molecule has 0 saturated carbocycles. The van der Waals surface area contributed by atoms with Crippen LogP contribution in [0.3, 0.4) is 0 Å². The highest BCUT2D eigenvalue weighted by atomic mass is 16.5. The van der Waals surface area contributed by atoms with E-state index in [4.69, 9.17) is 5.11 Å². The van der Waals surface area contributed by atoms with Gasteiger partial charge < -0.3 is 9.84 Å². The van der Waals surface area contributed by atoms with E-state index in [1.54, 1.807) is 18.7 Å². The maximum atomic E-state index is 11.2. The van der Waals surface area contributed by atoms with Gasteiger partial charge >= 0.3 is 11.9 Å². The lowest BCUT2D eigenvalue weighted by Gasteiger charge is -2.31. The molecule has 0 atom stereocenters. The molecule has 0 radical (unpaired) electrons. The standard InChI is InChI=1S/C11H21NO4/c1-8(2)12(6-9(13)16-5)7-11(3,4)10(14)15/h8H,6-7H2,1-5H3,(H,14,15). The number of carboxylic acid groups (broad SMARTS) is 1. The molecular weight excluding hydrogens is 210 g/mol. The molecule has 0 rings (SSSR count). The first-order chi connectivity index (χ1) is 7.20. The van der Waals surface area contributed by atoms with Crippen molar-refractivity contribution in [3.8, 4) is 0 Å². The first-order valence-corrected chi connectivity index (χ1v) is 5.25. The minimum atomic E-state index is -0.877. The van der Waals surface area contributed by atoms with Gasteiger partial charge in [-0.1, -0.05) is 0 Å². The molecule has 0 aromatic carbocycles. The van der Waals surface area contributed by atoms with Crippen molar-refractivity contribution >= 4 is 11.9 Å². The van der Waals surface area contributed by atoms with E-state index < -0.39 is 11.4 Å². The second-order valence-corrected chi connectivity index (χ2v) is 4.76. The van der Waals surface area contributed by atoms with Crippen molar-refractivity contribution in [2.45, 2.75) is 33.7 Å². The smallest absolute Gasteiger partial charge is 0.319 e. The second-order valence-electron chi connectivity index (χ2n) is 4.76. The van der Waals surface area contributed by atoms with Crippen molar-refractivity contribution in [1.29, 1.82) is 0 Å². The molecule has 0 spiro atoms. The van der Waals surface area contributed by atoms with Gasteiger partial charge in [-0.15, -0.1) is 0 Å². The monoisotopic (exact) mass is 231 g/mol. The summed E-state index contributed by atoms with van der Waals surface area (Å²) in [5, 5.41) is 9.02. The number of carbonyl (C=O) groups excluding carboxylic acids is 1. The molecule has 0 unspecified atom stereocenters. The Bertz CT molecular complexity index is 261. The number of rotatable bonds is 6. The van der Waals surface area contributed by atoms with Gasteiger partial charge in [-0.05, 0) is 27.7 Å². The van der Waals surface area contributed by atoms with Crippen LogP contribution in [0, 0.1) is 5.41 Å². The van der Waals surface area contributed by atoms with Gasteiger partial charge in [0.2, 0.25) is 0 Å². The quantitative estimate of drug-likeness (QED) is 0.690. The average Bonchev–Trinajstić information content (AvgIpc) is 2.15. The third kappa shape index (κ3) is 4.61. The number of hydrogen-bond donors (Lipinski definition) is 1. The zero-order valence-electron chi connectivity index (χ0n) is 10.6. The van der Waals surface area contributed by atoms with Crippen LogP contribution in [0.15, 0.2) is 0 Å². The fourth-order valence-corrected chi connectivity index (χ4v) is 1.23. The SMILES string of the molecule is COC(=O)CN(CC(C)(C)C(=O)O)C(C)C. The summed E-state index contributed by atoms with van der Waals surface area (Å²) < 4.78 is 4.58. The van der Waals surface area contributed by atoms with Crippen molar-refractivity contribution in [3.63, 3.8) is 0 Å². The number of aliphatic carboxylic acids is 1. The Morgan fingerprint density at radius 2 is 1.88 bits per heavy atom. The molecule has 5 nitrogen and oxygen atoms in total. The molecule has 0 heterocycles. The summed E-state index contributed by atoms with van der Waals surface area (Å²) in [6.07, 6.45) is 0. The van der Waals surface area contributed by atoms with E-state index in [0.29, 0.717) is 6.54 Å². The molecule has 5 heteroatoms. The molecule has 0 aromatic heterocycles. The van der Waals surface area contributed by atoms with Crippen LogP contribution in [0.25, 0.3) is 0 Å². The van der Waals surface area contributed by atoms with Gasteiger partial charge in [0.05, 0.1) is 19.1 Å². The van der Waals surface area contributed by atoms with Gasteiger partial charge in [-0.25, -0.2) is 0 Å². The summed E-state index contributed by atoms with van der Waals surface area (Å²) >= 11 is 0. The maximum absolute atomic E-state index is 11.2. The Hall–Kier alpha value is -1.10. The lowest BCUT2D eigenvalue weighted by molar-refractivity contribution is -0.150. The van der Waals surface area contributed by atoms with E-state index in [1.165, 1.54) is 7.11 Å². The van der Waals surface area contributed by atoms with Crippen LogP contribution in [0.5, 0.6) is 0 Å². The second kappa shape index (κ2) is 5.84. The van der Waals surface area contributed by atoms with Crippen molar-refractivity contribution in [2.24, 2.45) is 5.41 Å². The van der Waals surface area contributed by atoms with Crippen molar-refractivity contribution < 1.29 is 19.4 Å². The first kappa shape index (κ1) is 14.9. The van der Waals surface area contributed by atoms with E-state index >= 15 is 0 Å². The average molecular weight is 231 g/mol. The van der Waals surface area contributed by atoms with Gasteiger partial charge in [0, 0.05) is 12.6 Å². The fourth-order valence-electron chi connectivity index (χ4n) is 1.23. The van der Waals surface area contributed by atoms with Gasteiger partial charge in [0.25, 0.3) is 0 Å². The van der Waals surface area contributed by atoms with Crippen LogP contribution in [-0.2, 0) is 14.3 Å². The molecule has 1 N–H and O–H groups in total.